The van der Waals surface area contributed by atoms with Crippen LogP contribution in [0.2, 0.25) is 0 Å². The lowest BCUT2D eigenvalue weighted by molar-refractivity contribution is -0.126. The Labute approximate surface area is 156 Å². The van der Waals surface area contributed by atoms with E-state index in [2.05, 4.69) is 5.32 Å². The summed E-state index contributed by atoms with van der Waals surface area (Å²) >= 11 is 0. The van der Waals surface area contributed by atoms with Gasteiger partial charge in [-0.2, -0.15) is 4.31 Å². The van der Waals surface area contributed by atoms with E-state index in [1.807, 2.05) is 6.07 Å². The molecule has 1 aromatic rings. The smallest absolute Gasteiger partial charge is 0.243 e. The zero-order chi connectivity index (χ0) is 18.6. The Morgan fingerprint density at radius 2 is 1.85 bits per heavy atom. The maximum absolute atomic E-state index is 13.0. The van der Waals surface area contributed by atoms with Crippen LogP contribution < -0.4 is 11.1 Å². The molecule has 1 aromatic carbocycles. The van der Waals surface area contributed by atoms with Gasteiger partial charge in [-0.25, -0.2) is 8.42 Å². The van der Waals surface area contributed by atoms with Gasteiger partial charge in [-0.15, -0.1) is 0 Å². The molecular weight excluding hydrogens is 350 g/mol. The predicted molar refractivity (Wildman–Crippen MR) is 101 cm³/mol. The molecule has 1 saturated carbocycles. The number of benzene rings is 1. The van der Waals surface area contributed by atoms with Crippen LogP contribution in [0.5, 0.6) is 0 Å². The highest BCUT2D eigenvalue weighted by atomic mass is 32.2. The van der Waals surface area contributed by atoms with Gasteiger partial charge in [0, 0.05) is 25.6 Å². The van der Waals surface area contributed by atoms with Crippen molar-refractivity contribution in [3.05, 3.63) is 29.8 Å². The minimum Gasteiger partial charge on any atom is -0.352 e. The largest absolute Gasteiger partial charge is 0.352 e. The molecule has 0 spiro atoms. The highest BCUT2D eigenvalue weighted by molar-refractivity contribution is 7.89. The summed E-state index contributed by atoms with van der Waals surface area (Å²) in [5.41, 5.74) is 6.42. The first-order chi connectivity index (χ1) is 12.5. The van der Waals surface area contributed by atoms with Crippen molar-refractivity contribution in [2.24, 2.45) is 17.6 Å². The zero-order valence-corrected chi connectivity index (χ0v) is 16.0. The average molecular weight is 380 g/mol. The van der Waals surface area contributed by atoms with Crippen molar-refractivity contribution in [1.29, 1.82) is 0 Å². The number of nitrogens with two attached hydrogens (primary N) is 1. The van der Waals surface area contributed by atoms with Gasteiger partial charge in [-0.05, 0) is 49.8 Å². The number of carbonyl (C=O) groups is 1. The molecule has 0 aromatic heterocycles. The van der Waals surface area contributed by atoms with E-state index < -0.39 is 10.0 Å². The van der Waals surface area contributed by atoms with E-state index in [9.17, 15) is 13.2 Å². The lowest BCUT2D eigenvalue weighted by atomic mass is 9.95. The Morgan fingerprint density at radius 1 is 1.12 bits per heavy atom. The van der Waals surface area contributed by atoms with Gasteiger partial charge in [0.05, 0.1) is 4.90 Å². The van der Waals surface area contributed by atoms with Crippen LogP contribution in [-0.2, 0) is 21.4 Å². The summed E-state index contributed by atoms with van der Waals surface area (Å²) in [6, 6.07) is 6.98. The number of piperidine rings is 1. The average Bonchev–Trinajstić information content (AvgIpc) is 3.16. The second-order valence-corrected chi connectivity index (χ2v) is 9.23. The molecule has 1 aliphatic carbocycles. The molecule has 2 fully saturated rings. The molecule has 0 radical (unpaired) electrons. The van der Waals surface area contributed by atoms with E-state index in [1.165, 1.54) is 0 Å². The van der Waals surface area contributed by atoms with Crippen molar-refractivity contribution in [2.75, 3.05) is 19.6 Å². The fourth-order valence-corrected chi connectivity index (χ4v) is 5.86. The van der Waals surface area contributed by atoms with Crippen LogP contribution in [0.4, 0.5) is 0 Å². The van der Waals surface area contributed by atoms with E-state index in [0.717, 1.165) is 38.5 Å². The summed E-state index contributed by atoms with van der Waals surface area (Å²) in [4.78, 5) is 12.8. The molecule has 0 unspecified atom stereocenters. The van der Waals surface area contributed by atoms with Crippen molar-refractivity contribution >= 4 is 15.9 Å². The summed E-state index contributed by atoms with van der Waals surface area (Å²) in [6.45, 7) is 1.90. The molecule has 1 amide bonds. The number of hydrogen-bond acceptors (Lipinski definition) is 4. The molecule has 1 heterocycles. The number of rotatable bonds is 6. The molecule has 6 nitrogen and oxygen atoms in total. The lowest BCUT2D eigenvalue weighted by Gasteiger charge is -2.27. The van der Waals surface area contributed by atoms with Crippen molar-refractivity contribution in [3.8, 4) is 0 Å². The maximum Gasteiger partial charge on any atom is 0.243 e. The summed E-state index contributed by atoms with van der Waals surface area (Å²) < 4.78 is 27.6. The Kier molecular flexibility index (Phi) is 6.32. The maximum atomic E-state index is 13.0. The molecule has 3 N–H and O–H groups in total. The van der Waals surface area contributed by atoms with Crippen molar-refractivity contribution in [1.82, 2.24) is 9.62 Å². The lowest BCUT2D eigenvalue weighted by Crippen LogP contribution is -2.37. The molecule has 7 heteroatoms. The second kappa shape index (κ2) is 8.50. The molecule has 2 aliphatic rings. The summed E-state index contributed by atoms with van der Waals surface area (Å²) in [5, 5.41) is 2.94. The topological polar surface area (TPSA) is 92.5 Å². The first-order valence-electron chi connectivity index (χ1n) is 9.60. The fraction of sp³-hybridized carbons (Fsp3) is 0.632. The Hall–Kier alpha value is -1.44. The van der Waals surface area contributed by atoms with Crippen LogP contribution in [0.25, 0.3) is 0 Å². The summed E-state index contributed by atoms with van der Waals surface area (Å²) in [5.74, 6) is 0.177. The minimum atomic E-state index is -3.51. The molecule has 26 heavy (non-hydrogen) atoms. The van der Waals surface area contributed by atoms with Crippen molar-refractivity contribution in [2.45, 2.75) is 50.0 Å². The SMILES string of the molecule is NC[C@H]1CCC[C@H]1C(=O)NCc1ccccc1S(=O)(=O)N1CCCCC1. The Bertz CT molecular complexity index is 729. The molecule has 1 saturated heterocycles. The van der Waals surface area contributed by atoms with Crippen LogP contribution in [0.15, 0.2) is 29.2 Å². The van der Waals surface area contributed by atoms with Crippen LogP contribution in [0.1, 0.15) is 44.1 Å². The monoisotopic (exact) mass is 379 g/mol. The van der Waals surface area contributed by atoms with E-state index in [1.54, 1.807) is 22.5 Å². The van der Waals surface area contributed by atoms with Crippen LogP contribution >= 0.6 is 0 Å². The first kappa shape index (κ1) is 19.3. The third kappa shape index (κ3) is 4.10. The molecular formula is C19H29N3O3S. The molecule has 3 rings (SSSR count). The molecule has 1 aliphatic heterocycles. The van der Waals surface area contributed by atoms with Gasteiger partial charge in [-0.1, -0.05) is 31.0 Å². The van der Waals surface area contributed by atoms with E-state index >= 15 is 0 Å². The Balaban J connectivity index is 1.72. The molecule has 0 bridgehead atoms. The number of carbonyl (C=O) groups excluding carboxylic acids is 1. The Morgan fingerprint density at radius 3 is 2.58 bits per heavy atom. The number of nitrogens with zero attached hydrogens (tertiary/aromatic N) is 1. The van der Waals surface area contributed by atoms with Gasteiger partial charge < -0.3 is 11.1 Å². The number of sulfonamides is 1. The molecule has 144 valence electrons. The van der Waals surface area contributed by atoms with Crippen LogP contribution in [0, 0.1) is 11.8 Å². The van der Waals surface area contributed by atoms with E-state index in [-0.39, 0.29) is 24.3 Å². The number of amides is 1. The summed E-state index contributed by atoms with van der Waals surface area (Å²) in [6.07, 6.45) is 5.77. The van der Waals surface area contributed by atoms with Gasteiger partial charge in [0.25, 0.3) is 0 Å². The first-order valence-corrected chi connectivity index (χ1v) is 11.0. The van der Waals surface area contributed by atoms with Crippen LogP contribution in [-0.4, -0.2) is 38.3 Å². The minimum absolute atomic E-state index is 0.0110. The zero-order valence-electron chi connectivity index (χ0n) is 15.2. The quantitative estimate of drug-likeness (QED) is 0.789. The van der Waals surface area contributed by atoms with E-state index in [4.69, 9.17) is 5.73 Å². The van der Waals surface area contributed by atoms with Crippen molar-refractivity contribution in [3.63, 3.8) is 0 Å². The third-order valence-electron chi connectivity index (χ3n) is 5.66. The highest BCUT2D eigenvalue weighted by Gasteiger charge is 2.32. The normalized spacial score (nSPS) is 24.5. The summed E-state index contributed by atoms with van der Waals surface area (Å²) in [7, 11) is -3.51. The van der Waals surface area contributed by atoms with Gasteiger partial charge in [0.15, 0.2) is 0 Å². The third-order valence-corrected chi connectivity index (χ3v) is 7.66. The predicted octanol–water partition coefficient (Wildman–Crippen LogP) is 1.85. The number of hydrogen-bond donors (Lipinski definition) is 2. The van der Waals surface area contributed by atoms with E-state index in [0.29, 0.717) is 30.1 Å². The van der Waals surface area contributed by atoms with Gasteiger partial charge in [0.1, 0.15) is 0 Å². The molecule has 2 atom stereocenters. The van der Waals surface area contributed by atoms with Gasteiger partial charge in [-0.3, -0.25) is 4.79 Å². The van der Waals surface area contributed by atoms with Gasteiger partial charge >= 0.3 is 0 Å². The standard InChI is InChI=1S/C19H29N3O3S/c20-13-15-8-6-9-17(15)19(23)21-14-16-7-2-3-10-18(16)26(24,25)22-11-4-1-5-12-22/h2-3,7,10,15,17H,1,4-6,8-9,11-14,20H2,(H,21,23)/t15-,17-/m1/s1. The van der Waals surface area contributed by atoms with Gasteiger partial charge in [0.2, 0.25) is 15.9 Å². The van der Waals surface area contributed by atoms with Crippen LogP contribution in [0.3, 0.4) is 0 Å². The second-order valence-electron chi connectivity index (χ2n) is 7.32. The van der Waals surface area contributed by atoms with Crippen molar-refractivity contribution < 1.29 is 13.2 Å². The fourth-order valence-electron chi connectivity index (χ4n) is 4.12. The number of nitrogens with one attached hydrogen (secondary N) is 1. The highest BCUT2D eigenvalue weighted by Crippen LogP contribution is 2.31.